The number of carbonyl (C=O) groups is 1. The van der Waals surface area contributed by atoms with Crippen molar-refractivity contribution in [3.63, 3.8) is 0 Å². The first-order chi connectivity index (χ1) is 5.65. The lowest BCUT2D eigenvalue weighted by Crippen LogP contribution is -1.93. The van der Waals surface area contributed by atoms with Crippen LogP contribution in [0.3, 0.4) is 0 Å². The second-order valence-electron chi connectivity index (χ2n) is 2.12. The Morgan fingerprint density at radius 3 is 2.67 bits per heavy atom. The van der Waals surface area contributed by atoms with Crippen LogP contribution in [0.2, 0.25) is 0 Å². The molecule has 0 amide bonds. The fourth-order valence-electron chi connectivity index (χ4n) is 0.782. The lowest BCUT2D eigenvalue weighted by atomic mass is 10.2. The molecule has 64 valence electrons. The van der Waals surface area contributed by atoms with Crippen molar-refractivity contribution >= 4 is 39.4 Å². The van der Waals surface area contributed by atoms with Gasteiger partial charge in [0.2, 0.25) is 0 Å². The Balaban J connectivity index is 3.12. The number of methoxy groups -OCH3 is 1. The number of hydrogen-bond donors (Lipinski definition) is 0. The summed E-state index contributed by atoms with van der Waals surface area (Å²) in [5.41, 5.74) is 0.512. The summed E-state index contributed by atoms with van der Waals surface area (Å²) in [7, 11) is 1.58. The highest BCUT2D eigenvalue weighted by Crippen LogP contribution is 2.20. The molecule has 0 N–H and O–H groups in total. The van der Waals surface area contributed by atoms with E-state index in [0.29, 0.717) is 5.56 Å². The Morgan fingerprint density at radius 2 is 2.25 bits per heavy atom. The number of ether oxygens (including phenoxy) is 1. The van der Waals surface area contributed by atoms with Crippen LogP contribution in [0, 0.1) is 3.57 Å². The van der Waals surface area contributed by atoms with E-state index in [2.05, 4.69) is 0 Å². The number of benzene rings is 1. The topological polar surface area (TPSA) is 26.3 Å². The second-order valence-corrected chi connectivity index (χ2v) is 3.62. The van der Waals surface area contributed by atoms with Crippen LogP contribution in [0.4, 0.5) is 0 Å². The third kappa shape index (κ3) is 2.10. The Kier molecular flexibility index (Phi) is 3.34. The molecule has 0 heterocycles. The smallest absolute Gasteiger partial charge is 0.253 e. The van der Waals surface area contributed by atoms with E-state index in [0.717, 1.165) is 9.32 Å². The zero-order valence-corrected chi connectivity index (χ0v) is 9.22. The predicted octanol–water partition coefficient (Wildman–Crippen LogP) is 2.68. The van der Waals surface area contributed by atoms with Crippen LogP contribution in [0.15, 0.2) is 18.2 Å². The molecule has 0 aliphatic heterocycles. The first-order valence-electron chi connectivity index (χ1n) is 3.18. The fourth-order valence-corrected chi connectivity index (χ4v) is 1.84. The van der Waals surface area contributed by atoms with Gasteiger partial charge in [0.1, 0.15) is 5.75 Å². The first kappa shape index (κ1) is 9.80. The second kappa shape index (κ2) is 4.09. The van der Waals surface area contributed by atoms with Crippen molar-refractivity contribution in [1.82, 2.24) is 0 Å². The summed E-state index contributed by atoms with van der Waals surface area (Å²) in [6.45, 7) is 0. The fraction of sp³-hybridized carbons (Fsp3) is 0.125. The molecule has 0 aromatic heterocycles. The van der Waals surface area contributed by atoms with E-state index in [1.54, 1.807) is 25.3 Å². The molecule has 0 aliphatic rings. The molecule has 0 saturated carbocycles. The van der Waals surface area contributed by atoms with Crippen molar-refractivity contribution < 1.29 is 9.53 Å². The minimum absolute atomic E-state index is 0.443. The van der Waals surface area contributed by atoms with E-state index >= 15 is 0 Å². The van der Waals surface area contributed by atoms with Gasteiger partial charge in [-0.15, -0.1) is 0 Å². The van der Waals surface area contributed by atoms with Crippen LogP contribution in [0.1, 0.15) is 10.4 Å². The van der Waals surface area contributed by atoms with E-state index in [4.69, 9.17) is 16.3 Å². The summed E-state index contributed by atoms with van der Waals surface area (Å²) < 4.78 is 5.77. The van der Waals surface area contributed by atoms with Crippen molar-refractivity contribution in [3.8, 4) is 5.75 Å². The van der Waals surface area contributed by atoms with E-state index in [1.807, 2.05) is 22.6 Å². The largest absolute Gasteiger partial charge is 0.497 e. The van der Waals surface area contributed by atoms with Gasteiger partial charge < -0.3 is 4.74 Å². The lowest BCUT2D eigenvalue weighted by molar-refractivity contribution is 0.108. The standard InChI is InChI=1S/C8H6ClIO2/c1-12-5-2-3-6(8(9)11)7(10)4-5/h2-4H,1H3. The van der Waals surface area contributed by atoms with Crippen LogP contribution >= 0.6 is 34.2 Å². The third-order valence-corrected chi connectivity index (χ3v) is 2.48. The van der Waals surface area contributed by atoms with Gasteiger partial charge in [0.25, 0.3) is 5.24 Å². The van der Waals surface area contributed by atoms with E-state index in [-0.39, 0.29) is 0 Å². The zero-order chi connectivity index (χ0) is 9.14. The monoisotopic (exact) mass is 296 g/mol. The minimum Gasteiger partial charge on any atom is -0.497 e. The number of rotatable bonds is 2. The molecule has 1 aromatic rings. The molecule has 0 spiro atoms. The maximum absolute atomic E-state index is 10.8. The average molecular weight is 296 g/mol. The van der Waals surface area contributed by atoms with Crippen molar-refractivity contribution in [2.45, 2.75) is 0 Å². The molecule has 0 aliphatic carbocycles. The molecule has 0 radical (unpaired) electrons. The van der Waals surface area contributed by atoms with Crippen molar-refractivity contribution in [2.24, 2.45) is 0 Å². The Labute approximate surface area is 89.0 Å². The van der Waals surface area contributed by atoms with E-state index in [9.17, 15) is 4.79 Å². The van der Waals surface area contributed by atoms with Crippen LogP contribution in [-0.4, -0.2) is 12.4 Å². The summed E-state index contributed by atoms with van der Waals surface area (Å²) >= 11 is 7.36. The highest BCUT2D eigenvalue weighted by molar-refractivity contribution is 14.1. The minimum atomic E-state index is -0.443. The molecule has 0 unspecified atom stereocenters. The van der Waals surface area contributed by atoms with Crippen molar-refractivity contribution in [1.29, 1.82) is 0 Å². The molecule has 1 rings (SSSR count). The molecule has 0 fully saturated rings. The summed E-state index contributed by atoms with van der Waals surface area (Å²) in [6, 6.07) is 5.11. The summed E-state index contributed by atoms with van der Waals surface area (Å²) in [6.07, 6.45) is 0. The molecule has 12 heavy (non-hydrogen) atoms. The maximum atomic E-state index is 10.8. The van der Waals surface area contributed by atoms with Gasteiger partial charge >= 0.3 is 0 Å². The number of halogens is 2. The van der Waals surface area contributed by atoms with Gasteiger partial charge in [-0.05, 0) is 52.4 Å². The normalized spacial score (nSPS) is 9.58. The van der Waals surface area contributed by atoms with Crippen LogP contribution in [0.25, 0.3) is 0 Å². The van der Waals surface area contributed by atoms with E-state index in [1.165, 1.54) is 0 Å². The van der Waals surface area contributed by atoms with Crippen molar-refractivity contribution in [2.75, 3.05) is 7.11 Å². The molecule has 4 heteroatoms. The van der Waals surface area contributed by atoms with Gasteiger partial charge in [0, 0.05) is 9.13 Å². The number of hydrogen-bond acceptors (Lipinski definition) is 2. The SMILES string of the molecule is COc1ccc(C(=O)Cl)c(I)c1. The average Bonchev–Trinajstić information content (AvgIpc) is 2.03. The predicted molar refractivity (Wildman–Crippen MR) is 55.9 cm³/mol. The lowest BCUT2D eigenvalue weighted by Gasteiger charge is -2.02. The van der Waals surface area contributed by atoms with Crippen LogP contribution in [-0.2, 0) is 0 Å². The molecule has 0 atom stereocenters. The number of carbonyl (C=O) groups excluding carboxylic acids is 1. The quantitative estimate of drug-likeness (QED) is 0.619. The molecule has 0 bridgehead atoms. The summed E-state index contributed by atoms with van der Waals surface area (Å²) in [5, 5.41) is -0.443. The Morgan fingerprint density at radius 1 is 1.58 bits per heavy atom. The van der Waals surface area contributed by atoms with E-state index < -0.39 is 5.24 Å². The Bertz CT molecular complexity index is 312. The molecule has 2 nitrogen and oxygen atoms in total. The van der Waals surface area contributed by atoms with Gasteiger partial charge in [0.05, 0.1) is 7.11 Å². The zero-order valence-electron chi connectivity index (χ0n) is 6.30. The molecular formula is C8H6ClIO2. The third-order valence-electron chi connectivity index (χ3n) is 1.39. The van der Waals surface area contributed by atoms with Gasteiger partial charge in [0.15, 0.2) is 0 Å². The summed E-state index contributed by atoms with van der Waals surface area (Å²) in [4.78, 5) is 10.8. The molecule has 1 aromatic carbocycles. The van der Waals surface area contributed by atoms with Gasteiger partial charge in [-0.2, -0.15) is 0 Å². The maximum Gasteiger partial charge on any atom is 0.253 e. The summed E-state index contributed by atoms with van der Waals surface area (Å²) in [5.74, 6) is 0.723. The van der Waals surface area contributed by atoms with Gasteiger partial charge in [-0.1, -0.05) is 0 Å². The molecular weight excluding hydrogens is 290 g/mol. The Hall–Kier alpha value is -0.290. The van der Waals surface area contributed by atoms with Gasteiger partial charge in [-0.25, -0.2) is 0 Å². The highest BCUT2D eigenvalue weighted by atomic mass is 127. The van der Waals surface area contributed by atoms with Crippen LogP contribution < -0.4 is 4.74 Å². The van der Waals surface area contributed by atoms with Crippen molar-refractivity contribution in [3.05, 3.63) is 27.3 Å². The van der Waals surface area contributed by atoms with Crippen LogP contribution in [0.5, 0.6) is 5.75 Å². The first-order valence-corrected chi connectivity index (χ1v) is 4.64. The highest BCUT2D eigenvalue weighted by Gasteiger charge is 2.06. The van der Waals surface area contributed by atoms with Gasteiger partial charge in [-0.3, -0.25) is 4.79 Å². The molecule has 0 saturated heterocycles.